The van der Waals surface area contributed by atoms with Gasteiger partial charge in [-0.2, -0.15) is 5.26 Å². The van der Waals surface area contributed by atoms with E-state index in [9.17, 15) is 8.78 Å². The first-order chi connectivity index (χ1) is 8.10. The fraction of sp³-hybridized carbons (Fsp3) is 0.100. The van der Waals surface area contributed by atoms with Gasteiger partial charge in [-0.25, -0.2) is 8.78 Å². The zero-order valence-corrected chi connectivity index (χ0v) is 10.2. The minimum Gasteiger partial charge on any atom is -0.206 e. The Morgan fingerprint density at radius 1 is 1.29 bits per heavy atom. The van der Waals surface area contributed by atoms with Crippen molar-refractivity contribution < 1.29 is 8.78 Å². The second kappa shape index (κ2) is 4.77. The molecule has 0 unspecified atom stereocenters. The zero-order chi connectivity index (χ0) is 12.4. The van der Waals surface area contributed by atoms with E-state index in [0.717, 1.165) is 28.9 Å². The molecule has 0 bridgehead atoms. The lowest BCUT2D eigenvalue weighted by Gasteiger charge is -2.02. The van der Waals surface area contributed by atoms with Crippen LogP contribution in [0.4, 0.5) is 8.78 Å². The summed E-state index contributed by atoms with van der Waals surface area (Å²) in [6.07, 6.45) is 0. The summed E-state index contributed by atoms with van der Waals surface area (Å²) in [6.45, 7) is 1.76. The maximum Gasteiger partial charge on any atom is 0.179 e. The van der Waals surface area contributed by atoms with Crippen LogP contribution in [0.2, 0.25) is 0 Å². The van der Waals surface area contributed by atoms with Crippen LogP contribution in [0.1, 0.15) is 10.6 Å². The second-order valence-electron chi connectivity index (χ2n) is 3.07. The standard InChI is InChI=1S/C10H5F2N3S2/c1-5-14-15-10(16-5)17-9-7(11)2-6(4-13)3-8(9)12/h2-3H,1H3. The molecule has 0 amide bonds. The van der Waals surface area contributed by atoms with E-state index in [0.29, 0.717) is 4.34 Å². The lowest BCUT2D eigenvalue weighted by molar-refractivity contribution is 0.540. The maximum atomic E-state index is 13.5. The van der Waals surface area contributed by atoms with Crippen LogP contribution in [0.25, 0.3) is 0 Å². The van der Waals surface area contributed by atoms with Crippen LogP contribution in [-0.4, -0.2) is 10.2 Å². The van der Waals surface area contributed by atoms with Crippen molar-refractivity contribution in [1.82, 2.24) is 10.2 Å². The molecule has 0 atom stereocenters. The van der Waals surface area contributed by atoms with Crippen LogP contribution in [0.15, 0.2) is 21.4 Å². The van der Waals surface area contributed by atoms with Gasteiger partial charge in [-0.05, 0) is 19.1 Å². The summed E-state index contributed by atoms with van der Waals surface area (Å²) in [4.78, 5) is -0.167. The first-order valence-electron chi connectivity index (χ1n) is 4.47. The van der Waals surface area contributed by atoms with Gasteiger partial charge >= 0.3 is 0 Å². The van der Waals surface area contributed by atoms with Crippen LogP contribution < -0.4 is 0 Å². The third-order valence-corrected chi connectivity index (χ3v) is 3.81. The lowest BCUT2D eigenvalue weighted by Crippen LogP contribution is -1.90. The van der Waals surface area contributed by atoms with E-state index in [1.54, 1.807) is 13.0 Å². The van der Waals surface area contributed by atoms with Crippen molar-refractivity contribution in [3.05, 3.63) is 34.3 Å². The van der Waals surface area contributed by atoms with Gasteiger partial charge in [-0.3, -0.25) is 0 Å². The van der Waals surface area contributed by atoms with Crippen LogP contribution in [0, 0.1) is 29.9 Å². The van der Waals surface area contributed by atoms with Crippen molar-refractivity contribution in [2.24, 2.45) is 0 Å². The van der Waals surface area contributed by atoms with Gasteiger partial charge in [0.05, 0.1) is 16.5 Å². The molecule has 1 aromatic heterocycles. The highest BCUT2D eigenvalue weighted by molar-refractivity contribution is 8.01. The van der Waals surface area contributed by atoms with Gasteiger partial charge in [0.25, 0.3) is 0 Å². The monoisotopic (exact) mass is 269 g/mol. The summed E-state index contributed by atoms with van der Waals surface area (Å²) in [5, 5.41) is 16.8. The summed E-state index contributed by atoms with van der Waals surface area (Å²) in [6, 6.07) is 3.69. The molecule has 0 N–H and O–H groups in total. The van der Waals surface area contributed by atoms with Gasteiger partial charge in [0.2, 0.25) is 0 Å². The van der Waals surface area contributed by atoms with Gasteiger partial charge in [0.15, 0.2) is 4.34 Å². The number of nitriles is 1. The Labute approximate surface area is 104 Å². The predicted molar refractivity (Wildman–Crippen MR) is 59.8 cm³/mol. The minimum absolute atomic E-state index is 0.0437. The van der Waals surface area contributed by atoms with Crippen LogP contribution in [-0.2, 0) is 0 Å². The highest BCUT2D eigenvalue weighted by Gasteiger charge is 2.14. The molecule has 3 nitrogen and oxygen atoms in total. The molecule has 0 saturated heterocycles. The molecule has 0 aliphatic rings. The Kier molecular flexibility index (Phi) is 3.36. The molecule has 1 aromatic carbocycles. The molecule has 1 heterocycles. The van der Waals surface area contributed by atoms with Crippen molar-refractivity contribution in [2.45, 2.75) is 16.2 Å². The quantitative estimate of drug-likeness (QED) is 0.840. The fourth-order valence-electron chi connectivity index (χ4n) is 1.13. The number of benzene rings is 1. The second-order valence-corrected chi connectivity index (χ2v) is 5.51. The molecule has 7 heteroatoms. The molecule has 2 aromatic rings. The Hall–Kier alpha value is -1.52. The summed E-state index contributed by atoms with van der Waals surface area (Å²) in [5.74, 6) is -1.53. The average Bonchev–Trinajstić information content (AvgIpc) is 2.69. The van der Waals surface area contributed by atoms with Crippen molar-refractivity contribution in [2.75, 3.05) is 0 Å². The first kappa shape index (κ1) is 12.0. The molecule has 0 aliphatic carbocycles. The van der Waals surface area contributed by atoms with Crippen molar-refractivity contribution >= 4 is 23.1 Å². The number of halogens is 2. The highest BCUT2D eigenvalue weighted by Crippen LogP contribution is 2.34. The van der Waals surface area contributed by atoms with E-state index < -0.39 is 11.6 Å². The van der Waals surface area contributed by atoms with E-state index in [1.165, 1.54) is 11.3 Å². The summed E-state index contributed by atoms with van der Waals surface area (Å²) in [7, 11) is 0. The molecular formula is C10H5F2N3S2. The van der Waals surface area contributed by atoms with Gasteiger partial charge in [-0.1, -0.05) is 23.1 Å². The normalized spacial score (nSPS) is 10.2. The highest BCUT2D eigenvalue weighted by atomic mass is 32.2. The number of hydrogen-bond donors (Lipinski definition) is 0. The maximum absolute atomic E-state index is 13.5. The molecule has 17 heavy (non-hydrogen) atoms. The Morgan fingerprint density at radius 2 is 1.94 bits per heavy atom. The summed E-state index contributed by atoms with van der Waals surface area (Å²) >= 11 is 2.12. The van der Waals surface area contributed by atoms with Crippen molar-refractivity contribution in [3.63, 3.8) is 0 Å². The molecule has 0 spiro atoms. The minimum atomic E-state index is -0.764. The Bertz CT molecular complexity index is 581. The van der Waals surface area contributed by atoms with Crippen molar-refractivity contribution in [1.29, 1.82) is 5.26 Å². The zero-order valence-electron chi connectivity index (χ0n) is 8.57. The predicted octanol–water partition coefficient (Wildman–Crippen LogP) is 3.15. The van der Waals surface area contributed by atoms with E-state index >= 15 is 0 Å². The van der Waals surface area contributed by atoms with Crippen molar-refractivity contribution in [3.8, 4) is 6.07 Å². The lowest BCUT2D eigenvalue weighted by atomic mass is 10.2. The van der Waals surface area contributed by atoms with Gasteiger partial charge < -0.3 is 0 Å². The third-order valence-electron chi connectivity index (χ3n) is 1.82. The topological polar surface area (TPSA) is 49.6 Å². The summed E-state index contributed by atoms with van der Waals surface area (Å²) in [5.41, 5.74) is -0.0437. The Balaban J connectivity index is 2.37. The van der Waals surface area contributed by atoms with Crippen LogP contribution >= 0.6 is 23.1 Å². The largest absolute Gasteiger partial charge is 0.206 e. The smallest absolute Gasteiger partial charge is 0.179 e. The van der Waals surface area contributed by atoms with E-state index in [4.69, 9.17) is 5.26 Å². The number of aromatic nitrogens is 2. The molecule has 0 fully saturated rings. The number of hydrogen-bond acceptors (Lipinski definition) is 5. The van der Waals surface area contributed by atoms with E-state index in [1.807, 2.05) is 0 Å². The van der Waals surface area contributed by atoms with Crippen LogP contribution in [0.3, 0.4) is 0 Å². The molecular weight excluding hydrogens is 264 g/mol. The van der Waals surface area contributed by atoms with Gasteiger partial charge in [0.1, 0.15) is 16.6 Å². The number of nitrogens with zero attached hydrogens (tertiary/aromatic N) is 3. The fourth-order valence-corrected chi connectivity index (χ4v) is 2.89. The third kappa shape index (κ3) is 2.60. The number of aryl methyl sites for hydroxylation is 1. The number of rotatable bonds is 2. The van der Waals surface area contributed by atoms with E-state index in [2.05, 4.69) is 10.2 Å². The Morgan fingerprint density at radius 3 is 2.41 bits per heavy atom. The van der Waals surface area contributed by atoms with Gasteiger partial charge in [0, 0.05) is 0 Å². The average molecular weight is 269 g/mol. The molecule has 86 valence electrons. The molecule has 2 rings (SSSR count). The molecule has 0 saturated carbocycles. The summed E-state index contributed by atoms with van der Waals surface area (Å²) < 4.78 is 27.5. The molecule has 0 aliphatic heterocycles. The molecule has 0 radical (unpaired) electrons. The first-order valence-corrected chi connectivity index (χ1v) is 6.10. The van der Waals surface area contributed by atoms with Gasteiger partial charge in [-0.15, -0.1) is 10.2 Å². The SMILES string of the molecule is Cc1nnc(Sc2c(F)cc(C#N)cc2F)s1. The van der Waals surface area contributed by atoms with Crippen LogP contribution in [0.5, 0.6) is 0 Å². The van der Waals surface area contributed by atoms with E-state index in [-0.39, 0.29) is 10.5 Å².